The lowest BCUT2D eigenvalue weighted by molar-refractivity contribution is -0.143. The van der Waals surface area contributed by atoms with Crippen molar-refractivity contribution in [3.8, 4) is 0 Å². The van der Waals surface area contributed by atoms with Gasteiger partial charge in [-0.05, 0) is 32.4 Å². The van der Waals surface area contributed by atoms with Gasteiger partial charge in [-0.1, -0.05) is 24.3 Å². The summed E-state index contributed by atoms with van der Waals surface area (Å²) in [6.07, 6.45) is 3.44. The van der Waals surface area contributed by atoms with Crippen LogP contribution in [-0.2, 0) is 27.2 Å². The largest absolute Gasteiger partial charge is 0.467 e. The van der Waals surface area contributed by atoms with E-state index in [1.165, 1.54) is 7.11 Å². The number of amides is 1. The van der Waals surface area contributed by atoms with Crippen molar-refractivity contribution < 1.29 is 19.1 Å². The Bertz CT molecular complexity index is 802. The highest BCUT2D eigenvalue weighted by atomic mass is 16.6. The van der Waals surface area contributed by atoms with Gasteiger partial charge >= 0.3 is 12.1 Å². The van der Waals surface area contributed by atoms with Crippen molar-refractivity contribution in [2.75, 3.05) is 7.11 Å². The van der Waals surface area contributed by atoms with Gasteiger partial charge in [0.2, 0.25) is 0 Å². The number of hydrogen-bond donors (Lipinski definition) is 1. The molecule has 0 unspecified atom stereocenters. The van der Waals surface area contributed by atoms with Gasteiger partial charge < -0.3 is 19.4 Å². The SMILES string of the molecule is C=CCn1cc(C[C@H](NC(=O)OC(C)(C)C)C(=O)OC)c2ccccc21. The maximum Gasteiger partial charge on any atom is 0.408 e. The van der Waals surface area contributed by atoms with E-state index in [0.717, 1.165) is 16.5 Å². The predicted octanol–water partition coefficient (Wildman–Crippen LogP) is 3.44. The Hall–Kier alpha value is -2.76. The second-order valence-electron chi connectivity index (χ2n) is 7.04. The van der Waals surface area contributed by atoms with Gasteiger partial charge in [-0.15, -0.1) is 6.58 Å². The van der Waals surface area contributed by atoms with E-state index in [1.54, 1.807) is 20.8 Å². The molecule has 1 heterocycles. The Labute approximate surface area is 153 Å². The molecule has 0 spiro atoms. The van der Waals surface area contributed by atoms with E-state index in [4.69, 9.17) is 9.47 Å². The van der Waals surface area contributed by atoms with Crippen LogP contribution in [-0.4, -0.2) is 35.4 Å². The highest BCUT2D eigenvalue weighted by molar-refractivity contribution is 5.86. The molecule has 26 heavy (non-hydrogen) atoms. The molecule has 1 aromatic heterocycles. The molecular formula is C20H26N2O4. The summed E-state index contributed by atoms with van der Waals surface area (Å²) in [5.74, 6) is -0.517. The highest BCUT2D eigenvalue weighted by Gasteiger charge is 2.26. The van der Waals surface area contributed by atoms with Gasteiger partial charge in [-0.3, -0.25) is 0 Å². The first-order chi connectivity index (χ1) is 12.2. The molecule has 0 aliphatic rings. The summed E-state index contributed by atoms with van der Waals surface area (Å²) >= 11 is 0. The fourth-order valence-corrected chi connectivity index (χ4v) is 2.78. The van der Waals surface area contributed by atoms with Crippen LogP contribution >= 0.6 is 0 Å². The zero-order chi connectivity index (χ0) is 19.3. The first-order valence-electron chi connectivity index (χ1n) is 8.50. The van der Waals surface area contributed by atoms with Gasteiger partial charge in [0.25, 0.3) is 0 Å². The molecule has 1 aromatic carbocycles. The zero-order valence-electron chi connectivity index (χ0n) is 15.7. The monoisotopic (exact) mass is 358 g/mol. The van der Waals surface area contributed by atoms with Gasteiger partial charge in [0.1, 0.15) is 11.6 Å². The highest BCUT2D eigenvalue weighted by Crippen LogP contribution is 2.23. The number of allylic oxidation sites excluding steroid dienone is 1. The van der Waals surface area contributed by atoms with Crippen LogP contribution in [0.15, 0.2) is 43.1 Å². The fourth-order valence-electron chi connectivity index (χ4n) is 2.78. The lowest BCUT2D eigenvalue weighted by Crippen LogP contribution is -2.45. The number of aromatic nitrogens is 1. The van der Waals surface area contributed by atoms with Gasteiger partial charge in [0, 0.05) is 30.1 Å². The normalized spacial score (nSPS) is 12.5. The average Bonchev–Trinajstić information content (AvgIpc) is 2.90. The average molecular weight is 358 g/mol. The third-order valence-electron chi connectivity index (χ3n) is 3.80. The maximum absolute atomic E-state index is 12.2. The zero-order valence-corrected chi connectivity index (χ0v) is 15.7. The molecule has 0 bridgehead atoms. The number of fused-ring (bicyclic) bond motifs is 1. The molecule has 1 amide bonds. The quantitative estimate of drug-likeness (QED) is 0.634. The molecule has 140 valence electrons. The van der Waals surface area contributed by atoms with Gasteiger partial charge in [-0.25, -0.2) is 9.59 Å². The third kappa shape index (κ3) is 4.88. The number of benzene rings is 1. The molecular weight excluding hydrogens is 332 g/mol. The Morgan fingerprint density at radius 3 is 2.62 bits per heavy atom. The minimum absolute atomic E-state index is 0.302. The molecule has 0 fully saturated rings. The van der Waals surface area contributed by atoms with E-state index < -0.39 is 23.7 Å². The second-order valence-corrected chi connectivity index (χ2v) is 7.04. The van der Waals surface area contributed by atoms with E-state index >= 15 is 0 Å². The topological polar surface area (TPSA) is 69.6 Å². The molecule has 0 aliphatic heterocycles. The number of carbonyl (C=O) groups is 2. The molecule has 6 heteroatoms. The lowest BCUT2D eigenvalue weighted by Gasteiger charge is -2.22. The number of hydrogen-bond acceptors (Lipinski definition) is 4. The maximum atomic E-state index is 12.2. The molecule has 0 saturated heterocycles. The summed E-state index contributed by atoms with van der Waals surface area (Å²) in [7, 11) is 1.30. The molecule has 0 aliphatic carbocycles. The molecule has 2 rings (SSSR count). The minimum Gasteiger partial charge on any atom is -0.467 e. The first kappa shape index (κ1) is 19.6. The summed E-state index contributed by atoms with van der Waals surface area (Å²) in [5.41, 5.74) is 1.34. The Morgan fingerprint density at radius 2 is 2.00 bits per heavy atom. The van der Waals surface area contributed by atoms with Crippen LogP contribution in [0.4, 0.5) is 4.79 Å². The molecule has 1 N–H and O–H groups in total. The van der Waals surface area contributed by atoms with Crippen molar-refractivity contribution in [2.24, 2.45) is 0 Å². The Balaban J connectivity index is 2.28. The molecule has 0 saturated carbocycles. The van der Waals surface area contributed by atoms with Crippen LogP contribution in [0.5, 0.6) is 0 Å². The predicted molar refractivity (Wildman–Crippen MR) is 101 cm³/mol. The van der Waals surface area contributed by atoms with Crippen LogP contribution in [0.1, 0.15) is 26.3 Å². The molecule has 6 nitrogen and oxygen atoms in total. The number of para-hydroxylation sites is 1. The number of ether oxygens (including phenoxy) is 2. The summed E-state index contributed by atoms with van der Waals surface area (Å²) in [6.45, 7) is 9.73. The van der Waals surface area contributed by atoms with Crippen molar-refractivity contribution in [3.05, 3.63) is 48.7 Å². The standard InChI is InChI=1S/C20H26N2O4/c1-6-11-22-13-14(15-9-7-8-10-17(15)22)12-16(18(23)25-5)21-19(24)26-20(2,3)4/h6-10,13,16H,1,11-12H2,2-5H3,(H,21,24)/t16-/m0/s1. The van der Waals surface area contributed by atoms with Crippen molar-refractivity contribution >= 4 is 23.0 Å². The summed E-state index contributed by atoms with van der Waals surface area (Å²) < 4.78 is 12.2. The molecule has 1 atom stereocenters. The van der Waals surface area contributed by atoms with Crippen LogP contribution in [0.3, 0.4) is 0 Å². The minimum atomic E-state index is -0.835. The Kier molecular flexibility index (Phi) is 6.08. The van der Waals surface area contributed by atoms with Crippen molar-refractivity contribution in [1.82, 2.24) is 9.88 Å². The smallest absolute Gasteiger partial charge is 0.408 e. The van der Waals surface area contributed by atoms with Crippen molar-refractivity contribution in [3.63, 3.8) is 0 Å². The number of alkyl carbamates (subject to hydrolysis) is 1. The lowest BCUT2D eigenvalue weighted by atomic mass is 10.1. The number of nitrogens with zero attached hydrogens (tertiary/aromatic N) is 1. The van der Waals surface area contributed by atoms with E-state index in [0.29, 0.717) is 13.0 Å². The Morgan fingerprint density at radius 1 is 1.31 bits per heavy atom. The number of methoxy groups -OCH3 is 1. The summed E-state index contributed by atoms with van der Waals surface area (Å²) in [5, 5.41) is 3.64. The van der Waals surface area contributed by atoms with Gasteiger partial charge in [-0.2, -0.15) is 0 Å². The summed E-state index contributed by atoms with van der Waals surface area (Å²) in [6, 6.07) is 7.07. The number of carbonyl (C=O) groups excluding carboxylic acids is 2. The van der Waals surface area contributed by atoms with E-state index in [2.05, 4.69) is 16.5 Å². The van der Waals surface area contributed by atoms with Gasteiger partial charge in [0.15, 0.2) is 0 Å². The van der Waals surface area contributed by atoms with Crippen LogP contribution in [0.2, 0.25) is 0 Å². The first-order valence-corrected chi connectivity index (χ1v) is 8.50. The van der Waals surface area contributed by atoms with Crippen LogP contribution in [0, 0.1) is 0 Å². The van der Waals surface area contributed by atoms with E-state index in [1.807, 2.05) is 36.5 Å². The van der Waals surface area contributed by atoms with E-state index in [9.17, 15) is 9.59 Å². The number of nitrogens with one attached hydrogen (secondary N) is 1. The van der Waals surface area contributed by atoms with E-state index in [-0.39, 0.29) is 0 Å². The van der Waals surface area contributed by atoms with Crippen molar-refractivity contribution in [2.45, 2.75) is 45.4 Å². The molecule has 2 aromatic rings. The second kappa shape index (κ2) is 8.08. The van der Waals surface area contributed by atoms with Gasteiger partial charge in [0.05, 0.1) is 7.11 Å². The summed E-state index contributed by atoms with van der Waals surface area (Å²) in [4.78, 5) is 24.3. The van der Waals surface area contributed by atoms with Crippen LogP contribution in [0.25, 0.3) is 10.9 Å². The van der Waals surface area contributed by atoms with Crippen molar-refractivity contribution in [1.29, 1.82) is 0 Å². The fraction of sp³-hybridized carbons (Fsp3) is 0.400. The van der Waals surface area contributed by atoms with Crippen LogP contribution < -0.4 is 5.32 Å². The molecule has 0 radical (unpaired) electrons. The number of rotatable bonds is 6. The third-order valence-corrected chi connectivity index (χ3v) is 3.80. The number of esters is 1.